The number of hydrogen-bond donors (Lipinski definition) is 1. The second kappa shape index (κ2) is 11.7. The minimum absolute atomic E-state index is 0.144. The Morgan fingerprint density at radius 2 is 1.53 bits per heavy atom. The molecule has 0 aromatic heterocycles. The lowest BCUT2D eigenvalue weighted by Crippen LogP contribution is -2.51. The van der Waals surface area contributed by atoms with Gasteiger partial charge in [0.1, 0.15) is 6.04 Å². The quantitative estimate of drug-likeness (QED) is 0.462. The minimum atomic E-state index is -0.680. The lowest BCUT2D eigenvalue weighted by atomic mass is 10.0. The van der Waals surface area contributed by atoms with E-state index < -0.39 is 6.04 Å². The van der Waals surface area contributed by atoms with E-state index in [1.54, 1.807) is 23.1 Å². The first-order valence-corrected chi connectivity index (χ1v) is 11.3. The second-order valence-corrected chi connectivity index (χ2v) is 8.36. The van der Waals surface area contributed by atoms with Crippen LogP contribution in [0.15, 0.2) is 78.9 Å². The van der Waals surface area contributed by atoms with Gasteiger partial charge in [-0.1, -0.05) is 89.9 Å². The van der Waals surface area contributed by atoms with Crippen LogP contribution in [0.1, 0.15) is 23.6 Å². The van der Waals surface area contributed by atoms with Crippen LogP contribution in [0.25, 0.3) is 0 Å². The average Bonchev–Trinajstić information content (AvgIpc) is 2.79. The predicted molar refractivity (Wildman–Crippen MR) is 130 cm³/mol. The van der Waals surface area contributed by atoms with Crippen molar-refractivity contribution in [3.05, 3.63) is 106 Å². The van der Waals surface area contributed by atoms with E-state index in [1.807, 2.05) is 67.6 Å². The second-order valence-electron chi connectivity index (χ2n) is 7.52. The maximum absolute atomic E-state index is 13.5. The van der Waals surface area contributed by atoms with E-state index in [4.69, 9.17) is 23.2 Å². The molecule has 32 heavy (non-hydrogen) atoms. The molecule has 1 unspecified atom stereocenters. The Morgan fingerprint density at radius 3 is 2.12 bits per heavy atom. The Balaban J connectivity index is 1.97. The van der Waals surface area contributed by atoms with Crippen LogP contribution in [0.2, 0.25) is 10.0 Å². The molecular weight excluding hydrogens is 443 g/mol. The number of amides is 2. The molecule has 0 saturated heterocycles. The Labute approximate surface area is 199 Å². The van der Waals surface area contributed by atoms with Crippen molar-refractivity contribution < 1.29 is 9.59 Å². The summed E-state index contributed by atoms with van der Waals surface area (Å²) in [6.07, 6.45) is 0.592. The fraction of sp³-hybridized carbons (Fsp3) is 0.231. The summed E-state index contributed by atoms with van der Waals surface area (Å²) in [7, 11) is 0. The normalized spacial score (nSPS) is 11.6. The molecule has 4 nitrogen and oxygen atoms in total. The van der Waals surface area contributed by atoms with Crippen LogP contribution in [-0.2, 0) is 29.0 Å². The van der Waals surface area contributed by atoms with Gasteiger partial charge in [0.2, 0.25) is 11.8 Å². The zero-order valence-corrected chi connectivity index (χ0v) is 19.4. The van der Waals surface area contributed by atoms with E-state index in [2.05, 4.69) is 5.32 Å². The van der Waals surface area contributed by atoms with Crippen molar-refractivity contribution in [2.45, 2.75) is 32.4 Å². The van der Waals surface area contributed by atoms with Gasteiger partial charge in [-0.3, -0.25) is 9.59 Å². The predicted octanol–water partition coefficient (Wildman–Crippen LogP) is 5.31. The summed E-state index contributed by atoms with van der Waals surface area (Å²) in [5, 5.41) is 3.87. The number of benzene rings is 3. The molecule has 0 aliphatic carbocycles. The average molecular weight is 469 g/mol. The van der Waals surface area contributed by atoms with E-state index in [0.29, 0.717) is 23.0 Å². The number of hydrogen-bond acceptors (Lipinski definition) is 2. The topological polar surface area (TPSA) is 49.4 Å². The maximum Gasteiger partial charge on any atom is 0.243 e. The van der Waals surface area contributed by atoms with Crippen molar-refractivity contribution >= 4 is 35.0 Å². The summed E-state index contributed by atoms with van der Waals surface area (Å²) in [5.41, 5.74) is 2.60. The van der Waals surface area contributed by atoms with Gasteiger partial charge in [0.15, 0.2) is 0 Å². The summed E-state index contributed by atoms with van der Waals surface area (Å²) >= 11 is 12.5. The molecule has 2 amide bonds. The molecule has 1 N–H and O–H groups in total. The van der Waals surface area contributed by atoms with Gasteiger partial charge in [-0.15, -0.1) is 0 Å². The van der Waals surface area contributed by atoms with Crippen LogP contribution < -0.4 is 5.32 Å². The van der Waals surface area contributed by atoms with Gasteiger partial charge in [0, 0.05) is 29.6 Å². The number of carbonyl (C=O) groups is 2. The molecule has 0 saturated carbocycles. The molecule has 0 fully saturated rings. The number of nitrogens with one attached hydrogen (secondary N) is 1. The fourth-order valence-electron chi connectivity index (χ4n) is 3.55. The lowest BCUT2D eigenvalue weighted by molar-refractivity contribution is -0.140. The molecule has 0 bridgehead atoms. The Morgan fingerprint density at radius 1 is 0.906 bits per heavy atom. The highest BCUT2D eigenvalue weighted by atomic mass is 35.5. The molecular formula is C26H26Cl2N2O2. The van der Waals surface area contributed by atoms with Crippen molar-refractivity contribution in [1.29, 1.82) is 0 Å². The Bertz CT molecular complexity index is 1040. The van der Waals surface area contributed by atoms with Gasteiger partial charge in [-0.2, -0.15) is 0 Å². The minimum Gasteiger partial charge on any atom is -0.355 e. The number of nitrogens with zero attached hydrogens (tertiary/aromatic N) is 1. The number of rotatable bonds is 9. The summed E-state index contributed by atoms with van der Waals surface area (Å²) < 4.78 is 0. The number of likely N-dealkylation sites (N-methyl/N-ethyl adjacent to an activating group) is 1. The van der Waals surface area contributed by atoms with Crippen molar-refractivity contribution in [3.63, 3.8) is 0 Å². The van der Waals surface area contributed by atoms with Gasteiger partial charge in [0.05, 0.1) is 6.42 Å². The van der Waals surface area contributed by atoms with Crippen molar-refractivity contribution in [3.8, 4) is 0 Å². The zero-order chi connectivity index (χ0) is 22.9. The number of halogens is 2. The zero-order valence-electron chi connectivity index (χ0n) is 17.9. The summed E-state index contributed by atoms with van der Waals surface area (Å²) in [6.45, 7) is 2.55. The van der Waals surface area contributed by atoms with Crippen molar-refractivity contribution in [2.24, 2.45) is 0 Å². The van der Waals surface area contributed by atoms with Crippen molar-refractivity contribution in [1.82, 2.24) is 10.2 Å². The first kappa shape index (κ1) is 23.8. The smallest absolute Gasteiger partial charge is 0.243 e. The fourth-order valence-corrected chi connectivity index (χ4v) is 4.02. The van der Waals surface area contributed by atoms with Gasteiger partial charge in [-0.05, 0) is 35.7 Å². The monoisotopic (exact) mass is 468 g/mol. The molecule has 166 valence electrons. The third-order valence-electron chi connectivity index (χ3n) is 5.18. The first-order chi connectivity index (χ1) is 15.5. The van der Waals surface area contributed by atoms with E-state index in [1.165, 1.54) is 0 Å². The summed E-state index contributed by atoms with van der Waals surface area (Å²) in [4.78, 5) is 28.3. The van der Waals surface area contributed by atoms with E-state index >= 15 is 0 Å². The van der Waals surface area contributed by atoms with Gasteiger partial charge in [-0.25, -0.2) is 0 Å². The van der Waals surface area contributed by atoms with Gasteiger partial charge >= 0.3 is 0 Å². The molecule has 0 heterocycles. The number of carbonyl (C=O) groups excluding carboxylic acids is 2. The summed E-state index contributed by atoms with van der Waals surface area (Å²) in [5.74, 6) is -0.336. The summed E-state index contributed by atoms with van der Waals surface area (Å²) in [6, 6.07) is 23.7. The van der Waals surface area contributed by atoms with Gasteiger partial charge < -0.3 is 10.2 Å². The van der Waals surface area contributed by atoms with Crippen molar-refractivity contribution in [2.75, 3.05) is 6.54 Å². The molecule has 0 aliphatic heterocycles. The molecule has 6 heteroatoms. The van der Waals surface area contributed by atoms with E-state index in [0.717, 1.165) is 16.7 Å². The van der Waals surface area contributed by atoms with Crippen LogP contribution in [0.4, 0.5) is 0 Å². The van der Waals surface area contributed by atoms with E-state index in [-0.39, 0.29) is 24.8 Å². The third kappa shape index (κ3) is 6.59. The molecule has 3 rings (SSSR count). The highest BCUT2D eigenvalue weighted by Crippen LogP contribution is 2.24. The molecule has 0 spiro atoms. The van der Waals surface area contributed by atoms with E-state index in [9.17, 15) is 9.59 Å². The first-order valence-electron chi connectivity index (χ1n) is 10.6. The molecule has 3 aromatic carbocycles. The highest BCUT2D eigenvalue weighted by molar-refractivity contribution is 6.35. The highest BCUT2D eigenvalue weighted by Gasteiger charge is 2.30. The third-order valence-corrected chi connectivity index (χ3v) is 5.76. The Kier molecular flexibility index (Phi) is 8.72. The van der Waals surface area contributed by atoms with Crippen LogP contribution in [0.5, 0.6) is 0 Å². The molecule has 0 aliphatic rings. The van der Waals surface area contributed by atoms with Crippen LogP contribution in [-0.4, -0.2) is 29.3 Å². The molecule has 0 radical (unpaired) electrons. The van der Waals surface area contributed by atoms with Crippen LogP contribution in [0.3, 0.4) is 0 Å². The lowest BCUT2D eigenvalue weighted by Gasteiger charge is -2.32. The largest absolute Gasteiger partial charge is 0.355 e. The maximum atomic E-state index is 13.5. The molecule has 3 aromatic rings. The van der Waals surface area contributed by atoms with Crippen LogP contribution >= 0.6 is 23.2 Å². The van der Waals surface area contributed by atoms with Crippen LogP contribution in [0, 0.1) is 0 Å². The Hall–Kier alpha value is -2.82. The SMILES string of the molecule is CCNC(=O)C(Cc1ccccc1)N(Cc1ccc(Cl)cc1Cl)C(=O)Cc1ccccc1. The van der Waals surface area contributed by atoms with Gasteiger partial charge in [0.25, 0.3) is 0 Å². The molecule has 1 atom stereocenters. The standard InChI is InChI=1S/C26H26Cl2N2O2/c1-2-29-26(32)24(15-19-9-5-3-6-10-19)30(18-21-13-14-22(27)17-23(21)28)25(31)16-20-11-7-4-8-12-20/h3-14,17,24H,2,15-16,18H2,1H3,(H,29,32).